The van der Waals surface area contributed by atoms with Crippen LogP contribution in [0, 0.1) is 5.82 Å². The summed E-state index contributed by atoms with van der Waals surface area (Å²) < 4.78 is 15.5. The lowest BCUT2D eigenvalue weighted by Crippen LogP contribution is -2.14. The van der Waals surface area contributed by atoms with Crippen LogP contribution in [0.3, 0.4) is 0 Å². The molecule has 0 unspecified atom stereocenters. The minimum Gasteiger partial charge on any atom is -0.325 e. The first-order chi connectivity index (χ1) is 13.6. The van der Waals surface area contributed by atoms with Crippen molar-refractivity contribution in [2.75, 3.05) is 11.1 Å². The standard InChI is InChI=1S/C20H19FN4O2S/c1-14(26)15-7-2-4-9-17(15)23-19(27)11-6-12-28-20-24-22-13-25(20)18-10-5-3-8-16(18)21/h2-5,7-10,13H,6,11-12H2,1H3,(H,23,27). The number of carbonyl (C=O) groups excluding carboxylic acids is 2. The second-order valence-corrected chi connectivity index (χ2v) is 7.10. The number of nitrogens with one attached hydrogen (secondary N) is 1. The van der Waals surface area contributed by atoms with E-state index in [-0.39, 0.29) is 17.5 Å². The Hall–Kier alpha value is -3.00. The van der Waals surface area contributed by atoms with Crippen molar-refractivity contribution in [2.24, 2.45) is 0 Å². The van der Waals surface area contributed by atoms with Crippen LogP contribution in [0.2, 0.25) is 0 Å². The number of benzene rings is 2. The van der Waals surface area contributed by atoms with Gasteiger partial charge >= 0.3 is 0 Å². The number of nitrogens with zero attached hydrogens (tertiary/aromatic N) is 3. The predicted molar refractivity (Wildman–Crippen MR) is 106 cm³/mol. The zero-order valence-corrected chi connectivity index (χ0v) is 16.1. The van der Waals surface area contributed by atoms with Crippen molar-refractivity contribution in [3.63, 3.8) is 0 Å². The minimum absolute atomic E-state index is 0.0982. The van der Waals surface area contributed by atoms with Crippen molar-refractivity contribution < 1.29 is 14.0 Å². The lowest BCUT2D eigenvalue weighted by molar-refractivity contribution is -0.116. The Morgan fingerprint density at radius 2 is 1.89 bits per heavy atom. The Morgan fingerprint density at radius 1 is 1.14 bits per heavy atom. The first kappa shape index (κ1) is 19.8. The third-order valence-corrected chi connectivity index (χ3v) is 5.02. The van der Waals surface area contributed by atoms with Gasteiger partial charge in [0.2, 0.25) is 5.91 Å². The quantitative estimate of drug-likeness (QED) is 0.351. The van der Waals surface area contributed by atoms with Crippen molar-refractivity contribution in [1.82, 2.24) is 14.8 Å². The summed E-state index contributed by atoms with van der Waals surface area (Å²) in [4.78, 5) is 23.8. The molecule has 0 aliphatic heterocycles. The van der Waals surface area contributed by atoms with Crippen molar-refractivity contribution >= 4 is 29.1 Å². The summed E-state index contributed by atoms with van der Waals surface area (Å²) in [7, 11) is 0. The molecule has 1 N–H and O–H groups in total. The zero-order chi connectivity index (χ0) is 19.9. The number of para-hydroxylation sites is 2. The van der Waals surface area contributed by atoms with Crippen LogP contribution in [0.15, 0.2) is 60.0 Å². The molecule has 1 aromatic heterocycles. The van der Waals surface area contributed by atoms with Crippen molar-refractivity contribution in [3.05, 3.63) is 66.2 Å². The summed E-state index contributed by atoms with van der Waals surface area (Å²) in [6.45, 7) is 1.47. The largest absolute Gasteiger partial charge is 0.325 e. The van der Waals surface area contributed by atoms with Crippen molar-refractivity contribution in [3.8, 4) is 5.69 Å². The van der Waals surface area contributed by atoms with E-state index in [9.17, 15) is 14.0 Å². The third kappa shape index (κ3) is 4.83. The molecule has 3 aromatic rings. The monoisotopic (exact) mass is 398 g/mol. The molecule has 0 aliphatic rings. The van der Waals surface area contributed by atoms with Crippen LogP contribution >= 0.6 is 11.8 Å². The van der Waals surface area contributed by atoms with E-state index in [0.717, 1.165) is 0 Å². The molecule has 3 rings (SSSR count). The number of anilines is 1. The summed E-state index contributed by atoms with van der Waals surface area (Å²) in [5.41, 5.74) is 1.39. The summed E-state index contributed by atoms with van der Waals surface area (Å²) in [5, 5.41) is 11.2. The number of halogens is 1. The molecule has 0 aliphatic carbocycles. The van der Waals surface area contributed by atoms with Gasteiger partial charge in [-0.15, -0.1) is 10.2 Å². The highest BCUT2D eigenvalue weighted by Gasteiger charge is 2.12. The van der Waals surface area contributed by atoms with Crippen LogP contribution in [0.5, 0.6) is 0 Å². The number of hydrogen-bond donors (Lipinski definition) is 1. The second-order valence-electron chi connectivity index (χ2n) is 6.04. The number of aromatic nitrogens is 3. The Balaban J connectivity index is 1.52. The normalized spacial score (nSPS) is 10.6. The van der Waals surface area contributed by atoms with Crippen molar-refractivity contribution in [2.45, 2.75) is 24.9 Å². The molecule has 1 heterocycles. The Bertz CT molecular complexity index is 990. The average Bonchev–Trinajstić information content (AvgIpc) is 3.14. The summed E-state index contributed by atoms with van der Waals surface area (Å²) in [5.74, 6) is 0.00558. The van der Waals surface area contributed by atoms with E-state index in [1.165, 1.54) is 31.1 Å². The van der Waals surface area contributed by atoms with Gasteiger partial charge in [0, 0.05) is 17.7 Å². The van der Waals surface area contributed by atoms with Crippen LogP contribution in [-0.2, 0) is 4.79 Å². The molecule has 0 fully saturated rings. The molecule has 8 heteroatoms. The fourth-order valence-corrected chi connectivity index (χ4v) is 3.50. The van der Waals surface area contributed by atoms with E-state index in [2.05, 4.69) is 15.5 Å². The number of hydrogen-bond acceptors (Lipinski definition) is 5. The Labute approximate surface area is 166 Å². The number of amides is 1. The number of ketones is 1. The molecular weight excluding hydrogens is 379 g/mol. The molecule has 0 bridgehead atoms. The highest BCUT2D eigenvalue weighted by molar-refractivity contribution is 7.99. The van der Waals surface area contributed by atoms with Crippen LogP contribution < -0.4 is 5.32 Å². The van der Waals surface area contributed by atoms with Gasteiger partial charge in [-0.2, -0.15) is 0 Å². The van der Waals surface area contributed by atoms with Gasteiger partial charge in [-0.3, -0.25) is 14.2 Å². The molecule has 2 aromatic carbocycles. The Kier molecular flexibility index (Phi) is 6.54. The topological polar surface area (TPSA) is 76.9 Å². The fraction of sp³-hybridized carbons (Fsp3) is 0.200. The van der Waals surface area contributed by atoms with Gasteiger partial charge in [-0.25, -0.2) is 4.39 Å². The Morgan fingerprint density at radius 3 is 2.68 bits per heavy atom. The van der Waals surface area contributed by atoms with Crippen LogP contribution in [0.25, 0.3) is 5.69 Å². The maximum Gasteiger partial charge on any atom is 0.224 e. The number of Topliss-reactive ketones (excluding diaryl/α,β-unsaturated/α-hetero) is 1. The highest BCUT2D eigenvalue weighted by atomic mass is 32.2. The first-order valence-corrected chi connectivity index (χ1v) is 9.72. The number of carbonyl (C=O) groups is 2. The molecule has 6 nitrogen and oxygen atoms in total. The van der Waals surface area contributed by atoms with E-state index < -0.39 is 0 Å². The molecule has 28 heavy (non-hydrogen) atoms. The molecule has 0 atom stereocenters. The van der Waals surface area contributed by atoms with Gasteiger partial charge in [0.05, 0.1) is 11.4 Å². The molecule has 0 saturated heterocycles. The van der Waals surface area contributed by atoms with Gasteiger partial charge in [0.1, 0.15) is 12.1 Å². The molecule has 0 saturated carbocycles. The fourth-order valence-electron chi connectivity index (χ4n) is 2.64. The smallest absolute Gasteiger partial charge is 0.224 e. The van der Waals surface area contributed by atoms with Crippen LogP contribution in [0.4, 0.5) is 10.1 Å². The maximum absolute atomic E-state index is 14.0. The summed E-state index contributed by atoms with van der Waals surface area (Å²) in [6.07, 6.45) is 2.36. The molecule has 0 radical (unpaired) electrons. The van der Waals surface area contributed by atoms with Gasteiger partial charge in [-0.05, 0) is 37.6 Å². The minimum atomic E-state index is -0.354. The SMILES string of the molecule is CC(=O)c1ccccc1NC(=O)CCCSc1nncn1-c1ccccc1F. The predicted octanol–water partition coefficient (Wildman–Crippen LogP) is 4.12. The van der Waals surface area contributed by atoms with E-state index in [4.69, 9.17) is 0 Å². The van der Waals surface area contributed by atoms with E-state index in [1.807, 2.05) is 0 Å². The molecule has 1 amide bonds. The number of thioether (sulfide) groups is 1. The first-order valence-electron chi connectivity index (χ1n) is 8.74. The molecule has 144 valence electrons. The van der Waals surface area contributed by atoms with E-state index in [1.54, 1.807) is 47.0 Å². The number of rotatable bonds is 8. The summed E-state index contributed by atoms with van der Waals surface area (Å²) in [6, 6.07) is 13.3. The zero-order valence-electron chi connectivity index (χ0n) is 15.3. The molecular formula is C20H19FN4O2S. The van der Waals surface area contributed by atoms with Crippen LogP contribution in [0.1, 0.15) is 30.1 Å². The van der Waals surface area contributed by atoms with Gasteiger partial charge < -0.3 is 5.32 Å². The van der Waals surface area contributed by atoms with Gasteiger partial charge in [0.15, 0.2) is 10.9 Å². The molecule has 0 spiro atoms. The highest BCUT2D eigenvalue weighted by Crippen LogP contribution is 2.22. The lowest BCUT2D eigenvalue weighted by Gasteiger charge is -2.09. The lowest BCUT2D eigenvalue weighted by atomic mass is 10.1. The van der Waals surface area contributed by atoms with Crippen molar-refractivity contribution in [1.29, 1.82) is 0 Å². The van der Waals surface area contributed by atoms with E-state index >= 15 is 0 Å². The van der Waals surface area contributed by atoms with Gasteiger partial charge in [-0.1, -0.05) is 36.0 Å². The second kappa shape index (κ2) is 9.27. The average molecular weight is 398 g/mol. The van der Waals surface area contributed by atoms with E-state index in [0.29, 0.717) is 40.7 Å². The van der Waals surface area contributed by atoms with Gasteiger partial charge in [0.25, 0.3) is 0 Å². The summed E-state index contributed by atoms with van der Waals surface area (Å²) >= 11 is 1.40. The maximum atomic E-state index is 14.0. The third-order valence-electron chi connectivity index (χ3n) is 3.99. The van der Waals surface area contributed by atoms with Crippen LogP contribution in [-0.4, -0.2) is 32.2 Å².